The normalized spacial score (nSPS) is 12.5. The van der Waals surface area contributed by atoms with Crippen LogP contribution in [0.2, 0.25) is 0 Å². The zero-order valence-electron chi connectivity index (χ0n) is 12.1. The van der Waals surface area contributed by atoms with Gasteiger partial charge in [-0.3, -0.25) is 5.32 Å². The molecule has 1 aromatic rings. The van der Waals surface area contributed by atoms with Crippen LogP contribution in [0.3, 0.4) is 0 Å². The van der Waals surface area contributed by atoms with Crippen molar-refractivity contribution in [2.24, 2.45) is 0 Å². The van der Waals surface area contributed by atoms with Gasteiger partial charge in [0.1, 0.15) is 6.04 Å². The lowest BCUT2D eigenvalue weighted by Gasteiger charge is -2.22. The lowest BCUT2D eigenvalue weighted by atomic mass is 10.00. The van der Waals surface area contributed by atoms with Crippen LogP contribution in [0.25, 0.3) is 0 Å². The quantitative estimate of drug-likeness (QED) is 0.769. The minimum Gasteiger partial charge on any atom is -0.465 e. The fourth-order valence-corrected chi connectivity index (χ4v) is 1.95. The smallest absolute Gasteiger partial charge is 0.327 e. The first-order valence-corrected chi connectivity index (χ1v) is 6.59. The van der Waals surface area contributed by atoms with Crippen molar-refractivity contribution < 1.29 is 14.3 Å². The van der Waals surface area contributed by atoms with Gasteiger partial charge < -0.3 is 9.47 Å². The van der Waals surface area contributed by atoms with Crippen LogP contribution >= 0.6 is 0 Å². The second-order valence-corrected chi connectivity index (χ2v) is 4.64. The summed E-state index contributed by atoms with van der Waals surface area (Å²) in [5, 5.41) is 3.25. The summed E-state index contributed by atoms with van der Waals surface area (Å²) in [5.74, 6) is -0.250. The van der Waals surface area contributed by atoms with Gasteiger partial charge >= 0.3 is 5.97 Å². The van der Waals surface area contributed by atoms with E-state index in [2.05, 4.69) is 5.32 Å². The Kier molecular flexibility index (Phi) is 6.53. The van der Waals surface area contributed by atoms with Gasteiger partial charge in [-0.1, -0.05) is 24.3 Å². The standard InChI is InChI=1S/C15H23NO3/c1-5-19-15(17)14(16-11(2)3)13-9-7-6-8-12(13)10-18-4/h6-9,11,14,16H,5,10H2,1-4H3. The number of esters is 1. The molecule has 1 atom stereocenters. The molecule has 0 aliphatic carbocycles. The zero-order valence-corrected chi connectivity index (χ0v) is 12.1. The Bertz CT molecular complexity index is 404. The summed E-state index contributed by atoms with van der Waals surface area (Å²) in [5.41, 5.74) is 1.91. The van der Waals surface area contributed by atoms with Gasteiger partial charge in [-0.05, 0) is 31.9 Å². The predicted octanol–water partition coefficient (Wildman–Crippen LogP) is 2.44. The minimum absolute atomic E-state index is 0.185. The highest BCUT2D eigenvalue weighted by Crippen LogP contribution is 2.21. The molecule has 1 aromatic carbocycles. The molecule has 0 spiro atoms. The summed E-state index contributed by atoms with van der Waals surface area (Å²) < 4.78 is 10.3. The van der Waals surface area contributed by atoms with Crippen molar-refractivity contribution >= 4 is 5.97 Å². The number of carbonyl (C=O) groups is 1. The number of carbonyl (C=O) groups excluding carboxylic acids is 1. The monoisotopic (exact) mass is 265 g/mol. The number of hydrogen-bond acceptors (Lipinski definition) is 4. The highest BCUT2D eigenvalue weighted by atomic mass is 16.5. The van der Waals surface area contributed by atoms with Gasteiger partial charge in [0.05, 0.1) is 13.2 Å². The van der Waals surface area contributed by atoms with Crippen LogP contribution in [0.4, 0.5) is 0 Å². The molecular weight excluding hydrogens is 242 g/mol. The molecule has 0 aliphatic heterocycles. The van der Waals surface area contributed by atoms with Crippen molar-refractivity contribution in [2.45, 2.75) is 39.5 Å². The second kappa shape index (κ2) is 7.92. The van der Waals surface area contributed by atoms with E-state index in [0.717, 1.165) is 11.1 Å². The Morgan fingerprint density at radius 2 is 2.00 bits per heavy atom. The molecule has 4 nitrogen and oxygen atoms in total. The van der Waals surface area contributed by atoms with Crippen LogP contribution in [0.1, 0.15) is 37.9 Å². The van der Waals surface area contributed by atoms with Gasteiger partial charge in [-0.2, -0.15) is 0 Å². The second-order valence-electron chi connectivity index (χ2n) is 4.64. The average Bonchev–Trinajstić information content (AvgIpc) is 2.37. The maximum Gasteiger partial charge on any atom is 0.327 e. The van der Waals surface area contributed by atoms with Crippen LogP contribution in [0.15, 0.2) is 24.3 Å². The van der Waals surface area contributed by atoms with Gasteiger partial charge in [0, 0.05) is 13.2 Å². The van der Waals surface area contributed by atoms with Crippen molar-refractivity contribution in [3.05, 3.63) is 35.4 Å². The van der Waals surface area contributed by atoms with Crippen molar-refractivity contribution in [1.82, 2.24) is 5.32 Å². The van der Waals surface area contributed by atoms with Gasteiger partial charge in [0.15, 0.2) is 0 Å². The Morgan fingerprint density at radius 1 is 1.32 bits per heavy atom. The van der Waals surface area contributed by atoms with E-state index >= 15 is 0 Å². The first-order chi connectivity index (χ1) is 9.10. The zero-order chi connectivity index (χ0) is 14.3. The molecule has 0 amide bonds. The molecule has 0 radical (unpaired) electrons. The largest absolute Gasteiger partial charge is 0.465 e. The molecule has 0 saturated carbocycles. The third kappa shape index (κ3) is 4.65. The summed E-state index contributed by atoms with van der Waals surface area (Å²) in [6.07, 6.45) is 0. The maximum absolute atomic E-state index is 12.1. The highest BCUT2D eigenvalue weighted by Gasteiger charge is 2.24. The van der Waals surface area contributed by atoms with E-state index in [0.29, 0.717) is 13.2 Å². The van der Waals surface area contributed by atoms with Crippen LogP contribution in [0, 0.1) is 0 Å². The Morgan fingerprint density at radius 3 is 2.58 bits per heavy atom. The van der Waals surface area contributed by atoms with Crippen molar-refractivity contribution in [3.63, 3.8) is 0 Å². The van der Waals surface area contributed by atoms with E-state index in [-0.39, 0.29) is 12.0 Å². The third-order valence-electron chi connectivity index (χ3n) is 2.69. The number of hydrogen-bond donors (Lipinski definition) is 1. The van der Waals surface area contributed by atoms with E-state index in [4.69, 9.17) is 9.47 Å². The fourth-order valence-electron chi connectivity index (χ4n) is 1.95. The summed E-state index contributed by atoms with van der Waals surface area (Å²) >= 11 is 0. The van der Waals surface area contributed by atoms with E-state index in [9.17, 15) is 4.79 Å². The summed E-state index contributed by atoms with van der Waals surface area (Å²) in [7, 11) is 1.64. The van der Waals surface area contributed by atoms with Crippen LogP contribution in [-0.2, 0) is 20.9 Å². The lowest BCUT2D eigenvalue weighted by Crippen LogP contribution is -2.35. The summed E-state index contributed by atoms with van der Waals surface area (Å²) in [4.78, 5) is 12.1. The Labute approximate surface area is 115 Å². The molecule has 0 heterocycles. The molecule has 106 valence electrons. The molecule has 0 fully saturated rings. The summed E-state index contributed by atoms with van der Waals surface area (Å²) in [6, 6.07) is 7.49. The van der Waals surface area contributed by atoms with Crippen LogP contribution in [0.5, 0.6) is 0 Å². The SMILES string of the molecule is CCOC(=O)C(NC(C)C)c1ccccc1COC. The number of methoxy groups -OCH3 is 1. The van der Waals surface area contributed by atoms with E-state index < -0.39 is 6.04 Å². The molecule has 4 heteroatoms. The van der Waals surface area contributed by atoms with E-state index in [1.807, 2.05) is 45.0 Å². The minimum atomic E-state index is -0.453. The molecule has 0 aromatic heterocycles. The van der Waals surface area contributed by atoms with Gasteiger partial charge in [0.2, 0.25) is 0 Å². The van der Waals surface area contributed by atoms with E-state index in [1.165, 1.54) is 0 Å². The van der Waals surface area contributed by atoms with E-state index in [1.54, 1.807) is 7.11 Å². The van der Waals surface area contributed by atoms with Gasteiger partial charge in [-0.15, -0.1) is 0 Å². The lowest BCUT2D eigenvalue weighted by molar-refractivity contribution is -0.146. The molecular formula is C15H23NO3. The molecule has 0 saturated heterocycles. The highest BCUT2D eigenvalue weighted by molar-refractivity contribution is 5.78. The molecule has 1 N–H and O–H groups in total. The average molecular weight is 265 g/mol. The Hall–Kier alpha value is -1.39. The number of rotatable bonds is 7. The van der Waals surface area contributed by atoms with Gasteiger partial charge in [-0.25, -0.2) is 4.79 Å². The number of nitrogens with one attached hydrogen (secondary N) is 1. The molecule has 1 rings (SSSR count). The predicted molar refractivity (Wildman–Crippen MR) is 74.8 cm³/mol. The topological polar surface area (TPSA) is 47.6 Å². The van der Waals surface area contributed by atoms with Crippen molar-refractivity contribution in [1.29, 1.82) is 0 Å². The molecule has 19 heavy (non-hydrogen) atoms. The Balaban J connectivity index is 3.05. The number of ether oxygens (including phenoxy) is 2. The van der Waals surface area contributed by atoms with Crippen molar-refractivity contribution in [2.75, 3.05) is 13.7 Å². The number of benzene rings is 1. The summed E-state index contributed by atoms with van der Waals surface area (Å²) in [6.45, 7) is 6.68. The first kappa shape index (κ1) is 15.7. The van der Waals surface area contributed by atoms with Crippen LogP contribution < -0.4 is 5.32 Å². The first-order valence-electron chi connectivity index (χ1n) is 6.59. The maximum atomic E-state index is 12.1. The van der Waals surface area contributed by atoms with Crippen LogP contribution in [-0.4, -0.2) is 25.7 Å². The molecule has 1 unspecified atom stereocenters. The molecule has 0 aliphatic rings. The van der Waals surface area contributed by atoms with Crippen molar-refractivity contribution in [3.8, 4) is 0 Å². The molecule has 0 bridgehead atoms. The van der Waals surface area contributed by atoms with Gasteiger partial charge in [0.25, 0.3) is 0 Å². The fraction of sp³-hybridized carbons (Fsp3) is 0.533. The third-order valence-corrected chi connectivity index (χ3v) is 2.69.